The van der Waals surface area contributed by atoms with Crippen molar-refractivity contribution in [3.05, 3.63) is 50.7 Å². The third kappa shape index (κ3) is 2.55. The summed E-state index contributed by atoms with van der Waals surface area (Å²) in [5, 5.41) is 9.09. The van der Waals surface area contributed by atoms with Gasteiger partial charge in [0.2, 0.25) is 0 Å². The summed E-state index contributed by atoms with van der Waals surface area (Å²) in [5.74, 6) is -0.687. The minimum absolute atomic E-state index is 0.390. The molecule has 0 spiro atoms. The van der Waals surface area contributed by atoms with Gasteiger partial charge in [0.05, 0.1) is 22.9 Å². The van der Waals surface area contributed by atoms with Crippen LogP contribution in [0.1, 0.15) is 11.3 Å². The van der Waals surface area contributed by atoms with Crippen LogP contribution >= 0.6 is 15.9 Å². The van der Waals surface area contributed by atoms with Gasteiger partial charge in [-0.3, -0.25) is 9.36 Å². The number of hydrogen-bond acceptors (Lipinski definition) is 4. The Balaban J connectivity index is 2.43. The second-order valence-corrected chi connectivity index (χ2v) is 5.95. The van der Waals surface area contributed by atoms with E-state index in [1.165, 1.54) is 15.3 Å². The number of carboxylic acid groups (broad SMARTS) is 1. The van der Waals surface area contributed by atoms with Crippen LogP contribution in [0.5, 0.6) is 0 Å². The molecule has 0 saturated carbocycles. The number of benzene rings is 1. The molecule has 3 aromatic rings. The summed E-state index contributed by atoms with van der Waals surface area (Å²) in [4.78, 5) is 32.5. The highest BCUT2D eigenvalue weighted by Gasteiger charge is 2.20. The third-order valence-corrected chi connectivity index (χ3v) is 3.93. The molecular weight excluding hydrogens is 364 g/mol. The van der Waals surface area contributed by atoms with Gasteiger partial charge in [-0.05, 0) is 41.4 Å². The SMILES string of the molecule is Cc1nc(Br)cnc1-n1c(=O)n(CC(=O)O)c2cccc(C)c21. The van der Waals surface area contributed by atoms with Crippen molar-refractivity contribution in [2.75, 3.05) is 0 Å². The first-order valence-corrected chi connectivity index (χ1v) is 7.61. The maximum Gasteiger partial charge on any atom is 0.335 e. The molecule has 0 fully saturated rings. The van der Waals surface area contributed by atoms with Crippen LogP contribution in [0.4, 0.5) is 0 Å². The molecule has 0 aliphatic rings. The fraction of sp³-hybridized carbons (Fsp3) is 0.200. The van der Waals surface area contributed by atoms with Crippen molar-refractivity contribution < 1.29 is 9.90 Å². The molecule has 0 aliphatic heterocycles. The number of fused-ring (bicyclic) bond motifs is 1. The highest BCUT2D eigenvalue weighted by atomic mass is 79.9. The van der Waals surface area contributed by atoms with Gasteiger partial charge in [0.25, 0.3) is 0 Å². The number of hydrogen-bond donors (Lipinski definition) is 1. The summed E-state index contributed by atoms with van der Waals surface area (Å²) in [6.45, 7) is 3.21. The Labute approximate surface area is 139 Å². The Kier molecular flexibility index (Phi) is 3.77. The number of aromatic nitrogens is 4. The fourth-order valence-electron chi connectivity index (χ4n) is 2.62. The molecule has 118 valence electrons. The largest absolute Gasteiger partial charge is 0.480 e. The van der Waals surface area contributed by atoms with E-state index < -0.39 is 18.2 Å². The molecule has 0 saturated heterocycles. The summed E-state index contributed by atoms with van der Waals surface area (Å²) in [5.41, 5.74) is 2.17. The van der Waals surface area contributed by atoms with E-state index >= 15 is 0 Å². The molecule has 0 aliphatic carbocycles. The topological polar surface area (TPSA) is 90.0 Å². The molecule has 2 aromatic heterocycles. The Morgan fingerprint density at radius 2 is 2.09 bits per heavy atom. The molecule has 0 radical (unpaired) electrons. The molecule has 0 atom stereocenters. The van der Waals surface area contributed by atoms with Crippen LogP contribution < -0.4 is 5.69 Å². The zero-order valence-electron chi connectivity index (χ0n) is 12.4. The average molecular weight is 377 g/mol. The molecule has 2 heterocycles. The van der Waals surface area contributed by atoms with Gasteiger partial charge in [0.15, 0.2) is 5.82 Å². The maximum absolute atomic E-state index is 12.8. The van der Waals surface area contributed by atoms with Gasteiger partial charge < -0.3 is 5.11 Å². The molecule has 1 N–H and O–H groups in total. The van der Waals surface area contributed by atoms with Crippen molar-refractivity contribution in [2.24, 2.45) is 0 Å². The molecule has 0 amide bonds. The van der Waals surface area contributed by atoms with Crippen molar-refractivity contribution in [3.8, 4) is 5.82 Å². The molecule has 23 heavy (non-hydrogen) atoms. The number of imidazole rings is 1. The van der Waals surface area contributed by atoms with Crippen LogP contribution in [0, 0.1) is 13.8 Å². The summed E-state index contributed by atoms with van der Waals surface area (Å²) < 4.78 is 3.22. The number of halogens is 1. The van der Waals surface area contributed by atoms with E-state index in [0.29, 0.717) is 27.1 Å². The Hall–Kier alpha value is -2.48. The maximum atomic E-state index is 12.8. The highest BCUT2D eigenvalue weighted by Crippen LogP contribution is 2.22. The number of aryl methyl sites for hydroxylation is 2. The van der Waals surface area contributed by atoms with Crippen LogP contribution in [0.15, 0.2) is 33.8 Å². The molecule has 7 nitrogen and oxygen atoms in total. The smallest absolute Gasteiger partial charge is 0.335 e. The minimum atomic E-state index is -1.08. The van der Waals surface area contributed by atoms with E-state index in [2.05, 4.69) is 25.9 Å². The lowest BCUT2D eigenvalue weighted by atomic mass is 10.2. The predicted molar refractivity (Wildman–Crippen MR) is 87.9 cm³/mol. The molecule has 0 unspecified atom stereocenters. The number of nitrogens with zero attached hydrogens (tertiary/aromatic N) is 4. The second kappa shape index (κ2) is 5.62. The zero-order chi connectivity index (χ0) is 16.7. The summed E-state index contributed by atoms with van der Waals surface area (Å²) in [6, 6.07) is 5.38. The van der Waals surface area contributed by atoms with Crippen molar-refractivity contribution >= 4 is 32.9 Å². The molecule has 8 heteroatoms. The third-order valence-electron chi connectivity index (χ3n) is 3.55. The lowest BCUT2D eigenvalue weighted by molar-refractivity contribution is -0.137. The first-order chi connectivity index (χ1) is 10.9. The van der Waals surface area contributed by atoms with Crippen molar-refractivity contribution in [3.63, 3.8) is 0 Å². The average Bonchev–Trinajstić information content (AvgIpc) is 2.74. The van der Waals surface area contributed by atoms with E-state index in [1.54, 1.807) is 19.1 Å². The first kappa shape index (κ1) is 15.4. The highest BCUT2D eigenvalue weighted by molar-refractivity contribution is 9.10. The van der Waals surface area contributed by atoms with Crippen LogP contribution in [0.3, 0.4) is 0 Å². The van der Waals surface area contributed by atoms with Gasteiger partial charge in [-0.2, -0.15) is 0 Å². The quantitative estimate of drug-likeness (QED) is 0.755. The van der Waals surface area contributed by atoms with Gasteiger partial charge in [-0.1, -0.05) is 12.1 Å². The lowest BCUT2D eigenvalue weighted by Crippen LogP contribution is -2.27. The van der Waals surface area contributed by atoms with E-state index in [4.69, 9.17) is 5.11 Å². The van der Waals surface area contributed by atoms with Gasteiger partial charge in [0.1, 0.15) is 11.1 Å². The normalized spacial score (nSPS) is 11.1. The number of aliphatic carboxylic acids is 1. The lowest BCUT2D eigenvalue weighted by Gasteiger charge is -2.07. The molecule has 3 rings (SSSR count). The summed E-state index contributed by atoms with van der Waals surface area (Å²) in [6.07, 6.45) is 1.51. The Bertz CT molecular complexity index is 990. The van der Waals surface area contributed by atoms with Gasteiger partial charge in [-0.15, -0.1) is 0 Å². The van der Waals surface area contributed by atoms with Crippen LogP contribution in [0.25, 0.3) is 16.9 Å². The number of carbonyl (C=O) groups is 1. The molecular formula is C15H13BrN4O3. The van der Waals surface area contributed by atoms with E-state index in [1.807, 2.05) is 13.0 Å². The van der Waals surface area contributed by atoms with Gasteiger partial charge >= 0.3 is 11.7 Å². The van der Waals surface area contributed by atoms with E-state index in [9.17, 15) is 9.59 Å². The number of para-hydroxylation sites is 1. The van der Waals surface area contributed by atoms with E-state index in [-0.39, 0.29) is 0 Å². The minimum Gasteiger partial charge on any atom is -0.480 e. The molecule has 0 bridgehead atoms. The standard InChI is InChI=1S/C15H13BrN4O3/c1-8-4-3-5-10-13(8)20(15(23)19(10)7-12(21)22)14-9(2)18-11(16)6-17-14/h3-6H,7H2,1-2H3,(H,21,22). The predicted octanol–water partition coefficient (Wildman–Crippen LogP) is 2.05. The van der Waals surface area contributed by atoms with Crippen LogP contribution in [0.2, 0.25) is 0 Å². The Morgan fingerprint density at radius 1 is 1.35 bits per heavy atom. The summed E-state index contributed by atoms with van der Waals surface area (Å²) in [7, 11) is 0. The van der Waals surface area contributed by atoms with Gasteiger partial charge in [-0.25, -0.2) is 19.3 Å². The molecule has 1 aromatic carbocycles. The zero-order valence-corrected chi connectivity index (χ0v) is 14.0. The van der Waals surface area contributed by atoms with E-state index in [0.717, 1.165) is 5.56 Å². The fourth-order valence-corrected chi connectivity index (χ4v) is 2.99. The Morgan fingerprint density at radius 3 is 2.74 bits per heavy atom. The number of rotatable bonds is 3. The first-order valence-electron chi connectivity index (χ1n) is 6.82. The summed E-state index contributed by atoms with van der Waals surface area (Å²) >= 11 is 3.25. The second-order valence-electron chi connectivity index (χ2n) is 5.14. The van der Waals surface area contributed by atoms with Crippen molar-refractivity contribution in [1.82, 2.24) is 19.1 Å². The number of carboxylic acids is 1. The monoisotopic (exact) mass is 376 g/mol. The van der Waals surface area contributed by atoms with Crippen molar-refractivity contribution in [2.45, 2.75) is 20.4 Å². The van der Waals surface area contributed by atoms with Crippen molar-refractivity contribution in [1.29, 1.82) is 0 Å². The van der Waals surface area contributed by atoms with Crippen LogP contribution in [-0.2, 0) is 11.3 Å². The van der Waals surface area contributed by atoms with Gasteiger partial charge in [0, 0.05) is 0 Å². The van der Waals surface area contributed by atoms with Crippen LogP contribution in [-0.4, -0.2) is 30.2 Å².